The topological polar surface area (TPSA) is 82.5 Å². The van der Waals surface area contributed by atoms with Gasteiger partial charge >= 0.3 is 0 Å². The summed E-state index contributed by atoms with van der Waals surface area (Å²) < 4.78 is 10.8. The van der Waals surface area contributed by atoms with E-state index in [2.05, 4.69) is 60.2 Å². The van der Waals surface area contributed by atoms with E-state index in [1.165, 1.54) is 0 Å². The number of carbonyl (C=O) groups is 1. The van der Waals surface area contributed by atoms with Gasteiger partial charge in [0.05, 0.1) is 17.8 Å². The van der Waals surface area contributed by atoms with Gasteiger partial charge in [0.15, 0.2) is 6.29 Å². The van der Waals surface area contributed by atoms with Crippen LogP contribution in [0.3, 0.4) is 0 Å². The summed E-state index contributed by atoms with van der Waals surface area (Å²) in [4.78, 5) is 14.6. The van der Waals surface area contributed by atoms with Crippen LogP contribution in [0.4, 0.5) is 0 Å². The smallest absolute Gasteiger partial charge is 0.186 e. The first kappa shape index (κ1) is 37.2. The van der Waals surface area contributed by atoms with Gasteiger partial charge in [-0.1, -0.05) is 61.0 Å². The van der Waals surface area contributed by atoms with Crippen LogP contribution in [0, 0.1) is 29.6 Å². The number of aliphatic hydroxyl groups excluding tert-OH is 1. The minimum Gasteiger partial charge on any atom is -0.392 e. The van der Waals surface area contributed by atoms with Crippen molar-refractivity contribution in [3.8, 4) is 0 Å². The highest BCUT2D eigenvalue weighted by Gasteiger charge is 2.51. The molecule has 3 rings (SSSR count). The Hall–Kier alpha value is -0.790. The number of fused-ring (bicyclic) bond motifs is 1. The van der Waals surface area contributed by atoms with Crippen LogP contribution in [0.1, 0.15) is 108 Å². The summed E-state index contributed by atoms with van der Waals surface area (Å²) in [5, 5.41) is 21.2. The third kappa shape index (κ3) is 12.2. The monoisotopic (exact) mass is 541 g/mol. The first-order chi connectivity index (χ1) is 17.7. The number of ketones is 1. The molecule has 0 amide bonds. The maximum atomic E-state index is 12.4. The van der Waals surface area contributed by atoms with E-state index in [9.17, 15) is 15.0 Å². The number of epoxide rings is 1. The van der Waals surface area contributed by atoms with E-state index in [1.54, 1.807) is 6.08 Å². The molecule has 2 heterocycles. The van der Waals surface area contributed by atoms with Crippen LogP contribution in [-0.4, -0.2) is 71.2 Å². The Bertz CT molecular complexity index is 666. The normalized spacial score (nSPS) is 41.3. The number of carbonyl (C=O) groups excluding carboxylic acids is 1. The van der Waals surface area contributed by atoms with Crippen molar-refractivity contribution in [2.24, 2.45) is 29.6 Å². The van der Waals surface area contributed by atoms with Gasteiger partial charge in [0, 0.05) is 18.4 Å². The molecule has 0 aromatic rings. The first-order valence-corrected chi connectivity index (χ1v) is 15.2. The lowest BCUT2D eigenvalue weighted by Gasteiger charge is -2.37. The number of hydrogen-bond acceptors (Lipinski definition) is 6. The van der Waals surface area contributed by atoms with Gasteiger partial charge in [0.25, 0.3) is 0 Å². The van der Waals surface area contributed by atoms with Gasteiger partial charge in [-0.25, -0.2) is 0 Å². The molecule has 11 atom stereocenters. The van der Waals surface area contributed by atoms with Gasteiger partial charge < -0.3 is 24.6 Å². The minimum absolute atomic E-state index is 0.0790. The van der Waals surface area contributed by atoms with Gasteiger partial charge in [0.2, 0.25) is 0 Å². The van der Waals surface area contributed by atoms with Crippen LogP contribution >= 0.6 is 0 Å². The summed E-state index contributed by atoms with van der Waals surface area (Å²) in [5.74, 6) is 1.19. The molecule has 0 aromatic heterocycles. The van der Waals surface area contributed by atoms with E-state index in [0.717, 1.165) is 25.7 Å². The lowest BCUT2D eigenvalue weighted by molar-refractivity contribution is -0.129. The van der Waals surface area contributed by atoms with Crippen molar-refractivity contribution in [2.75, 3.05) is 14.1 Å². The fraction of sp³-hybridized carbons (Fsp3) is 0.906. The number of allylic oxidation sites excluding steroid dienone is 1. The summed E-state index contributed by atoms with van der Waals surface area (Å²) in [6.45, 7) is 23.7. The lowest BCUT2D eigenvalue weighted by atomic mass is 9.71. The third-order valence-electron chi connectivity index (χ3n) is 8.37. The van der Waals surface area contributed by atoms with Crippen LogP contribution in [0.5, 0.6) is 0 Å². The maximum Gasteiger partial charge on any atom is 0.186 e. The maximum absolute atomic E-state index is 12.4. The predicted molar refractivity (Wildman–Crippen MR) is 159 cm³/mol. The molecule has 6 heteroatoms. The Morgan fingerprint density at radius 1 is 1.11 bits per heavy atom. The SMILES string of the molecule is C=CC.CC.CC1CC(N(C)C)C2OC2O1.CCC1C(C)C[C@H](C)CC(C)(O)CCC(=O)C(C)C(O)C1C. The second kappa shape index (κ2) is 17.8. The quantitative estimate of drug-likeness (QED) is 0.307. The van der Waals surface area contributed by atoms with Crippen LogP contribution in [0.2, 0.25) is 0 Å². The summed E-state index contributed by atoms with van der Waals surface area (Å²) in [6, 6.07) is 0.559. The number of Topliss-reactive ketones (excluding diaryl/α,β-unsaturated/α-hetero) is 1. The Balaban J connectivity index is 0.000000705. The molecule has 3 aliphatic rings. The molecule has 38 heavy (non-hydrogen) atoms. The van der Waals surface area contributed by atoms with E-state index >= 15 is 0 Å². The predicted octanol–water partition coefficient (Wildman–Crippen LogP) is 6.48. The van der Waals surface area contributed by atoms with E-state index in [1.807, 2.05) is 34.6 Å². The Morgan fingerprint density at radius 3 is 2.16 bits per heavy atom. The van der Waals surface area contributed by atoms with Gasteiger partial charge in [-0.15, -0.1) is 6.58 Å². The number of nitrogens with zero attached hydrogens (tertiary/aromatic N) is 1. The molecule has 0 bridgehead atoms. The van der Waals surface area contributed by atoms with Crippen molar-refractivity contribution in [1.82, 2.24) is 4.90 Å². The van der Waals surface area contributed by atoms with Crippen molar-refractivity contribution >= 4 is 5.78 Å². The molecule has 226 valence electrons. The average Bonchev–Trinajstić information content (AvgIpc) is 3.61. The van der Waals surface area contributed by atoms with Crippen molar-refractivity contribution in [3.05, 3.63) is 12.7 Å². The highest BCUT2D eigenvalue weighted by molar-refractivity contribution is 5.81. The van der Waals surface area contributed by atoms with E-state index in [0.29, 0.717) is 48.8 Å². The fourth-order valence-corrected chi connectivity index (χ4v) is 6.31. The Morgan fingerprint density at radius 2 is 1.66 bits per heavy atom. The molecular formula is C32H63NO5. The van der Waals surface area contributed by atoms with Crippen LogP contribution < -0.4 is 0 Å². The number of rotatable bonds is 2. The molecule has 2 saturated heterocycles. The van der Waals surface area contributed by atoms with Gasteiger partial charge in [0.1, 0.15) is 11.9 Å². The van der Waals surface area contributed by atoms with E-state index in [4.69, 9.17) is 9.47 Å². The van der Waals surface area contributed by atoms with Crippen LogP contribution in [0.15, 0.2) is 12.7 Å². The second-order valence-corrected chi connectivity index (χ2v) is 12.3. The molecule has 6 nitrogen and oxygen atoms in total. The number of aliphatic hydroxyl groups is 2. The third-order valence-corrected chi connectivity index (χ3v) is 8.37. The summed E-state index contributed by atoms with van der Waals surface area (Å²) in [5.41, 5.74) is -0.786. The zero-order valence-corrected chi connectivity index (χ0v) is 26.9. The molecule has 1 saturated carbocycles. The molecule has 0 spiro atoms. The van der Waals surface area contributed by atoms with E-state index in [-0.39, 0.29) is 23.9 Å². The first-order valence-electron chi connectivity index (χ1n) is 15.2. The van der Waals surface area contributed by atoms with Crippen molar-refractivity contribution in [2.45, 2.75) is 144 Å². The molecule has 2 N–H and O–H groups in total. The Kier molecular flexibility index (Phi) is 17.4. The largest absolute Gasteiger partial charge is 0.392 e. The van der Waals surface area contributed by atoms with Gasteiger partial charge in [-0.3, -0.25) is 4.79 Å². The van der Waals surface area contributed by atoms with Crippen LogP contribution in [0.25, 0.3) is 0 Å². The fourth-order valence-electron chi connectivity index (χ4n) is 6.31. The van der Waals surface area contributed by atoms with Crippen LogP contribution in [-0.2, 0) is 14.3 Å². The molecular weight excluding hydrogens is 478 g/mol. The van der Waals surface area contributed by atoms with Gasteiger partial charge in [-0.05, 0) is 84.2 Å². The van der Waals surface area contributed by atoms with Crippen molar-refractivity contribution in [1.29, 1.82) is 0 Å². The Labute approximate surface area is 235 Å². The average molecular weight is 542 g/mol. The van der Waals surface area contributed by atoms with Crippen molar-refractivity contribution < 1.29 is 24.5 Å². The molecule has 1 aliphatic carbocycles. The summed E-state index contributed by atoms with van der Waals surface area (Å²) in [7, 11) is 4.20. The number of likely N-dealkylation sites (N-methyl/N-ethyl adjacent to an activating group) is 1. The van der Waals surface area contributed by atoms with E-state index < -0.39 is 11.7 Å². The molecule has 0 aromatic carbocycles. The summed E-state index contributed by atoms with van der Waals surface area (Å²) in [6.07, 6.45) is 6.74. The highest BCUT2D eigenvalue weighted by atomic mass is 16.8. The van der Waals surface area contributed by atoms with Crippen molar-refractivity contribution in [3.63, 3.8) is 0 Å². The molecule has 0 radical (unpaired) electrons. The lowest BCUT2D eigenvalue weighted by Crippen LogP contribution is -2.41. The highest BCUT2D eigenvalue weighted by Crippen LogP contribution is 2.38. The molecule has 3 fully saturated rings. The molecule has 10 unspecified atom stereocenters. The van der Waals surface area contributed by atoms with Gasteiger partial charge in [-0.2, -0.15) is 0 Å². The standard InChI is InChI=1S/C19H36O3.C8H15NO2.C3H6.C2H6/c1-7-16-13(3)10-12(2)11-19(6,22)9-8-17(20)15(5)18(21)14(16)4;1-5-4-6(9(2)3)7-8(10-5)11-7;1-3-2;1-2/h12-16,18,21-22H,7-11H2,1-6H3;5-8H,4H2,1-3H3;3H,1H2,2H3;1-2H3/t12-,13?,14?,15?,16?,18?,19?;;;/m0.../s1. The summed E-state index contributed by atoms with van der Waals surface area (Å²) >= 11 is 0. The number of ether oxygens (including phenoxy) is 2. The minimum atomic E-state index is -0.786. The number of hydrogen-bond donors (Lipinski definition) is 2. The second-order valence-electron chi connectivity index (χ2n) is 12.3. The molecule has 2 aliphatic heterocycles. The zero-order valence-electron chi connectivity index (χ0n) is 26.9. The zero-order chi connectivity index (χ0) is 29.8.